The van der Waals surface area contributed by atoms with Crippen molar-refractivity contribution in [1.29, 1.82) is 0 Å². The molecule has 0 aromatic carbocycles. The maximum atomic E-state index is 10.2. The van der Waals surface area contributed by atoms with Crippen molar-refractivity contribution in [2.45, 2.75) is 104 Å². The smallest absolute Gasteiger partial charge is 0.0577 e. The van der Waals surface area contributed by atoms with E-state index in [1.54, 1.807) is 5.57 Å². The van der Waals surface area contributed by atoms with Gasteiger partial charge in [0.1, 0.15) is 0 Å². The molecule has 0 aliphatic heterocycles. The molecule has 4 aliphatic rings. The van der Waals surface area contributed by atoms with Crippen molar-refractivity contribution in [2.75, 3.05) is 0 Å². The molecule has 148 valence electrons. The van der Waals surface area contributed by atoms with Crippen molar-refractivity contribution in [1.82, 2.24) is 0 Å². The minimum Gasteiger partial charge on any atom is -0.393 e. The fraction of sp³-hybridized carbons (Fsp3) is 0.920. The van der Waals surface area contributed by atoms with Crippen molar-refractivity contribution in [3.8, 4) is 0 Å². The number of fused-ring (bicyclic) bond motifs is 5. The van der Waals surface area contributed by atoms with Crippen LogP contribution >= 0.6 is 0 Å². The lowest BCUT2D eigenvalue weighted by Crippen LogP contribution is -2.50. The predicted octanol–water partition coefficient (Wildman–Crippen LogP) is 6.75. The second-order valence-electron chi connectivity index (χ2n) is 11.3. The molecule has 0 heterocycles. The maximum absolute atomic E-state index is 10.2. The van der Waals surface area contributed by atoms with Gasteiger partial charge in [0.05, 0.1) is 6.10 Å². The first-order valence-electron chi connectivity index (χ1n) is 11.7. The Bertz CT molecular complexity index is 548. The van der Waals surface area contributed by atoms with Crippen LogP contribution in [0, 0.1) is 40.4 Å². The SMILES string of the molecule is CC(C)CCCC1CCC2C3CC=C4C[C@H](O)CC[C@@]4(C)C3CC[C@@]12C. The van der Waals surface area contributed by atoms with E-state index >= 15 is 0 Å². The van der Waals surface area contributed by atoms with Crippen LogP contribution in [0.2, 0.25) is 0 Å². The molecule has 7 atom stereocenters. The van der Waals surface area contributed by atoms with Crippen LogP contribution < -0.4 is 0 Å². The lowest BCUT2D eigenvalue weighted by Gasteiger charge is -2.58. The van der Waals surface area contributed by atoms with Crippen LogP contribution in [0.25, 0.3) is 0 Å². The lowest BCUT2D eigenvalue weighted by atomic mass is 9.47. The Kier molecular flexibility index (Phi) is 5.08. The summed E-state index contributed by atoms with van der Waals surface area (Å²) in [5.41, 5.74) is 2.64. The molecule has 3 saturated carbocycles. The number of rotatable bonds is 4. The van der Waals surface area contributed by atoms with E-state index in [-0.39, 0.29) is 6.10 Å². The van der Waals surface area contributed by atoms with Crippen LogP contribution in [0.1, 0.15) is 98.3 Å². The third-order valence-electron chi connectivity index (χ3n) is 9.61. The maximum Gasteiger partial charge on any atom is 0.0577 e. The fourth-order valence-corrected chi connectivity index (χ4v) is 8.00. The summed E-state index contributed by atoms with van der Waals surface area (Å²) in [6.45, 7) is 9.97. The van der Waals surface area contributed by atoms with Crippen molar-refractivity contribution >= 4 is 0 Å². The second kappa shape index (κ2) is 6.94. The van der Waals surface area contributed by atoms with Gasteiger partial charge >= 0.3 is 0 Å². The number of aliphatic hydroxyl groups is 1. The van der Waals surface area contributed by atoms with Gasteiger partial charge < -0.3 is 5.11 Å². The van der Waals surface area contributed by atoms with Crippen LogP contribution in [-0.2, 0) is 0 Å². The Balaban J connectivity index is 1.51. The Morgan fingerprint density at radius 3 is 2.65 bits per heavy atom. The van der Waals surface area contributed by atoms with Gasteiger partial charge in [-0.25, -0.2) is 0 Å². The summed E-state index contributed by atoms with van der Waals surface area (Å²) in [6, 6.07) is 0. The molecule has 3 fully saturated rings. The van der Waals surface area contributed by atoms with Crippen molar-refractivity contribution in [2.24, 2.45) is 40.4 Å². The fourth-order valence-electron chi connectivity index (χ4n) is 8.00. The van der Waals surface area contributed by atoms with Gasteiger partial charge in [0.25, 0.3) is 0 Å². The zero-order valence-corrected chi connectivity index (χ0v) is 17.8. The normalized spacial score (nSPS) is 47.9. The van der Waals surface area contributed by atoms with Gasteiger partial charge in [-0.05, 0) is 98.2 Å². The van der Waals surface area contributed by atoms with Crippen molar-refractivity contribution in [3.63, 3.8) is 0 Å². The van der Waals surface area contributed by atoms with Gasteiger partial charge in [-0.15, -0.1) is 0 Å². The average molecular weight is 359 g/mol. The molecule has 0 radical (unpaired) electrons. The van der Waals surface area contributed by atoms with Crippen molar-refractivity contribution in [3.05, 3.63) is 11.6 Å². The second-order valence-corrected chi connectivity index (χ2v) is 11.3. The molecule has 0 bridgehead atoms. The third kappa shape index (κ3) is 3.01. The van der Waals surface area contributed by atoms with Gasteiger partial charge in [-0.2, -0.15) is 0 Å². The molecular formula is C25H42O. The highest BCUT2D eigenvalue weighted by Crippen LogP contribution is 2.66. The molecule has 26 heavy (non-hydrogen) atoms. The van der Waals surface area contributed by atoms with Gasteiger partial charge in [0.15, 0.2) is 0 Å². The van der Waals surface area contributed by atoms with Crippen LogP contribution in [0.3, 0.4) is 0 Å². The Labute approximate surface area is 162 Å². The molecular weight excluding hydrogens is 316 g/mol. The predicted molar refractivity (Wildman–Crippen MR) is 110 cm³/mol. The number of allylic oxidation sites excluding steroid dienone is 1. The molecule has 4 aliphatic carbocycles. The molecule has 1 heteroatoms. The summed E-state index contributed by atoms with van der Waals surface area (Å²) in [5.74, 6) is 4.62. The quantitative estimate of drug-likeness (QED) is 0.551. The molecule has 0 aromatic heterocycles. The number of hydrogen-bond donors (Lipinski definition) is 1. The topological polar surface area (TPSA) is 20.2 Å². The first-order valence-corrected chi connectivity index (χ1v) is 11.7. The third-order valence-corrected chi connectivity index (χ3v) is 9.61. The van der Waals surface area contributed by atoms with Gasteiger partial charge in [0, 0.05) is 0 Å². The van der Waals surface area contributed by atoms with Gasteiger partial charge in [0.2, 0.25) is 0 Å². The monoisotopic (exact) mass is 358 g/mol. The molecule has 1 N–H and O–H groups in total. The Morgan fingerprint density at radius 1 is 1.08 bits per heavy atom. The number of aliphatic hydroxyl groups excluding tert-OH is 1. The summed E-state index contributed by atoms with van der Waals surface area (Å²) < 4.78 is 0. The summed E-state index contributed by atoms with van der Waals surface area (Å²) >= 11 is 0. The zero-order chi connectivity index (χ0) is 18.5. The van der Waals surface area contributed by atoms with E-state index in [1.807, 2.05) is 0 Å². The van der Waals surface area contributed by atoms with E-state index in [0.717, 1.165) is 42.4 Å². The minimum absolute atomic E-state index is 0.0726. The summed E-state index contributed by atoms with van der Waals surface area (Å²) in [4.78, 5) is 0. The van der Waals surface area contributed by atoms with Gasteiger partial charge in [-0.3, -0.25) is 0 Å². The zero-order valence-electron chi connectivity index (χ0n) is 17.8. The van der Waals surface area contributed by atoms with Crippen LogP contribution in [0.15, 0.2) is 11.6 Å². The largest absolute Gasteiger partial charge is 0.393 e. The Hall–Kier alpha value is -0.300. The average Bonchev–Trinajstić information content (AvgIpc) is 2.92. The Morgan fingerprint density at radius 2 is 1.88 bits per heavy atom. The van der Waals surface area contributed by atoms with Crippen LogP contribution in [-0.4, -0.2) is 11.2 Å². The van der Waals surface area contributed by atoms with E-state index in [1.165, 1.54) is 57.8 Å². The molecule has 0 saturated heterocycles. The van der Waals surface area contributed by atoms with Gasteiger partial charge in [-0.1, -0.05) is 52.2 Å². The van der Waals surface area contributed by atoms with Crippen LogP contribution in [0.5, 0.6) is 0 Å². The minimum atomic E-state index is -0.0726. The lowest BCUT2D eigenvalue weighted by molar-refractivity contribution is -0.0509. The highest BCUT2D eigenvalue weighted by Gasteiger charge is 2.58. The molecule has 0 amide bonds. The van der Waals surface area contributed by atoms with E-state index in [9.17, 15) is 5.11 Å². The van der Waals surface area contributed by atoms with E-state index < -0.39 is 0 Å². The molecule has 4 unspecified atom stereocenters. The van der Waals surface area contributed by atoms with Crippen molar-refractivity contribution < 1.29 is 5.11 Å². The van der Waals surface area contributed by atoms with Crippen LogP contribution in [0.4, 0.5) is 0 Å². The van der Waals surface area contributed by atoms with E-state index in [2.05, 4.69) is 33.8 Å². The molecule has 4 rings (SSSR count). The molecule has 0 aromatic rings. The first kappa shape index (κ1) is 19.0. The van der Waals surface area contributed by atoms with E-state index in [0.29, 0.717) is 10.8 Å². The highest BCUT2D eigenvalue weighted by atomic mass is 16.3. The van der Waals surface area contributed by atoms with E-state index in [4.69, 9.17) is 0 Å². The highest BCUT2D eigenvalue weighted by molar-refractivity contribution is 5.25. The summed E-state index contributed by atoms with van der Waals surface area (Å²) in [6.07, 6.45) is 17.3. The molecule has 1 nitrogen and oxygen atoms in total. The molecule has 0 spiro atoms. The standard InChI is InChI=1S/C25H42O/c1-17(2)6-5-7-18-9-11-22-21-10-8-19-16-20(26)12-14-25(19,4)23(21)13-15-24(18,22)3/h8,17-18,20-23,26H,5-7,9-16H2,1-4H3/t18?,20-,21?,22?,23?,24+,25-/m1/s1. The number of hydrogen-bond acceptors (Lipinski definition) is 1. The first-order chi connectivity index (χ1) is 12.3. The summed E-state index contributed by atoms with van der Waals surface area (Å²) in [5, 5.41) is 10.2. The summed E-state index contributed by atoms with van der Waals surface area (Å²) in [7, 11) is 0.